The molecule has 0 saturated heterocycles. The number of pyridine rings is 1. The number of amidine groups is 1. The molecule has 1 atom stereocenters. The SMILES string of the molecule is COc1ccc(C2(c3cc(F)cc(-c4cncc(Cl)c4)c3)COC(N)=N2)cc1C. The van der Waals surface area contributed by atoms with E-state index in [1.54, 1.807) is 19.4 Å². The number of ether oxygens (including phenoxy) is 2. The second-order valence-corrected chi connectivity index (χ2v) is 7.34. The summed E-state index contributed by atoms with van der Waals surface area (Å²) in [6.07, 6.45) is 3.17. The molecule has 0 aliphatic carbocycles. The normalized spacial score (nSPS) is 18.3. The van der Waals surface area contributed by atoms with Crippen molar-refractivity contribution in [2.45, 2.75) is 12.5 Å². The van der Waals surface area contributed by atoms with Gasteiger partial charge >= 0.3 is 0 Å². The molecule has 0 fully saturated rings. The van der Waals surface area contributed by atoms with E-state index >= 15 is 0 Å². The van der Waals surface area contributed by atoms with Crippen LogP contribution in [0.15, 0.2) is 59.9 Å². The molecule has 4 rings (SSSR count). The van der Waals surface area contributed by atoms with Crippen molar-refractivity contribution >= 4 is 17.6 Å². The number of methoxy groups -OCH3 is 1. The Morgan fingerprint density at radius 2 is 1.93 bits per heavy atom. The quantitative estimate of drug-likeness (QED) is 0.688. The fourth-order valence-electron chi connectivity index (χ4n) is 3.59. The number of benzene rings is 2. The topological polar surface area (TPSA) is 69.7 Å². The van der Waals surface area contributed by atoms with E-state index in [9.17, 15) is 4.39 Å². The largest absolute Gasteiger partial charge is 0.496 e. The van der Waals surface area contributed by atoms with Gasteiger partial charge in [-0.25, -0.2) is 9.38 Å². The molecule has 0 bridgehead atoms. The first-order valence-corrected chi connectivity index (χ1v) is 9.34. The van der Waals surface area contributed by atoms with E-state index in [2.05, 4.69) is 9.98 Å². The smallest absolute Gasteiger partial charge is 0.283 e. The van der Waals surface area contributed by atoms with Crippen molar-refractivity contribution in [1.82, 2.24) is 4.98 Å². The molecule has 1 aromatic heterocycles. The van der Waals surface area contributed by atoms with E-state index in [4.69, 9.17) is 26.8 Å². The van der Waals surface area contributed by atoms with Crippen molar-refractivity contribution in [2.24, 2.45) is 10.7 Å². The molecule has 1 unspecified atom stereocenters. The molecule has 0 radical (unpaired) electrons. The van der Waals surface area contributed by atoms with Gasteiger partial charge in [0.25, 0.3) is 6.02 Å². The summed E-state index contributed by atoms with van der Waals surface area (Å²) in [6.45, 7) is 2.11. The van der Waals surface area contributed by atoms with E-state index in [0.717, 1.165) is 16.9 Å². The maximum Gasteiger partial charge on any atom is 0.283 e. The Kier molecular flexibility index (Phi) is 4.88. The standard InChI is InChI=1S/C22H19ClFN3O2/c1-13-5-16(3-4-20(13)28-2)22(12-29-21(25)27-22)17-6-14(8-19(24)9-17)15-7-18(23)11-26-10-15/h3-11H,12H2,1-2H3,(H2,25,27). The summed E-state index contributed by atoms with van der Waals surface area (Å²) in [5.74, 6) is 0.354. The lowest BCUT2D eigenvalue weighted by Gasteiger charge is -2.26. The number of hydrogen-bond acceptors (Lipinski definition) is 5. The zero-order valence-electron chi connectivity index (χ0n) is 15.9. The molecule has 1 aliphatic rings. The lowest BCUT2D eigenvalue weighted by atomic mass is 9.82. The number of aliphatic imine (C=N–C) groups is 1. The Balaban J connectivity index is 1.90. The zero-order valence-corrected chi connectivity index (χ0v) is 16.7. The molecule has 3 aromatic rings. The third-order valence-corrected chi connectivity index (χ3v) is 5.22. The fourth-order valence-corrected chi connectivity index (χ4v) is 3.77. The van der Waals surface area contributed by atoms with Crippen molar-refractivity contribution in [1.29, 1.82) is 0 Å². The molecule has 29 heavy (non-hydrogen) atoms. The minimum atomic E-state index is -0.968. The van der Waals surface area contributed by atoms with Gasteiger partial charge < -0.3 is 15.2 Å². The number of hydrogen-bond donors (Lipinski definition) is 1. The summed E-state index contributed by atoms with van der Waals surface area (Å²) in [5.41, 5.74) is 8.63. The number of aromatic nitrogens is 1. The number of nitrogens with two attached hydrogens (primary N) is 1. The number of aryl methyl sites for hydroxylation is 1. The maximum atomic E-state index is 14.7. The first-order valence-electron chi connectivity index (χ1n) is 8.96. The van der Waals surface area contributed by atoms with Crippen LogP contribution in [0.2, 0.25) is 5.02 Å². The molecule has 2 aromatic carbocycles. The molecule has 0 spiro atoms. The summed E-state index contributed by atoms with van der Waals surface area (Å²) >= 11 is 6.06. The molecule has 0 saturated carbocycles. The second-order valence-electron chi connectivity index (χ2n) is 6.90. The summed E-state index contributed by atoms with van der Waals surface area (Å²) in [4.78, 5) is 8.67. The van der Waals surface area contributed by atoms with Gasteiger partial charge in [-0.05, 0) is 65.6 Å². The number of rotatable bonds is 4. The van der Waals surface area contributed by atoms with Gasteiger partial charge in [0, 0.05) is 18.0 Å². The van der Waals surface area contributed by atoms with Crippen LogP contribution in [-0.4, -0.2) is 24.7 Å². The van der Waals surface area contributed by atoms with Gasteiger partial charge in [0.05, 0.1) is 12.1 Å². The van der Waals surface area contributed by atoms with Crippen LogP contribution in [0.25, 0.3) is 11.1 Å². The highest BCUT2D eigenvalue weighted by Crippen LogP contribution is 2.40. The molecular formula is C22H19ClFN3O2. The van der Waals surface area contributed by atoms with Gasteiger partial charge in [-0.15, -0.1) is 0 Å². The molecule has 2 heterocycles. The first kappa shape index (κ1) is 19.2. The zero-order chi connectivity index (χ0) is 20.6. The lowest BCUT2D eigenvalue weighted by molar-refractivity contribution is 0.278. The summed E-state index contributed by atoms with van der Waals surface area (Å²) in [5, 5.41) is 0.472. The van der Waals surface area contributed by atoms with Crippen molar-refractivity contribution in [2.75, 3.05) is 13.7 Å². The Bertz CT molecular complexity index is 1120. The van der Waals surface area contributed by atoms with Gasteiger partial charge in [0.1, 0.15) is 18.2 Å². The highest BCUT2D eigenvalue weighted by atomic mass is 35.5. The summed E-state index contributed by atoms with van der Waals surface area (Å²) < 4.78 is 25.5. The molecule has 2 N–H and O–H groups in total. The third kappa shape index (κ3) is 3.51. The van der Waals surface area contributed by atoms with Gasteiger partial charge in [0.15, 0.2) is 5.54 Å². The van der Waals surface area contributed by atoms with Crippen LogP contribution >= 0.6 is 11.6 Å². The first-order chi connectivity index (χ1) is 13.9. The molecule has 148 valence electrons. The van der Waals surface area contributed by atoms with E-state index < -0.39 is 11.4 Å². The van der Waals surface area contributed by atoms with Crippen LogP contribution in [0.1, 0.15) is 16.7 Å². The average molecular weight is 412 g/mol. The highest BCUT2D eigenvalue weighted by Gasteiger charge is 2.41. The van der Waals surface area contributed by atoms with Gasteiger partial charge in [-0.1, -0.05) is 17.7 Å². The predicted octanol–water partition coefficient (Wildman–Crippen LogP) is 4.45. The Hall–Kier alpha value is -3.12. The third-order valence-electron chi connectivity index (χ3n) is 5.02. The fraction of sp³-hybridized carbons (Fsp3) is 0.182. The van der Waals surface area contributed by atoms with Crippen molar-refractivity contribution in [3.63, 3.8) is 0 Å². The van der Waals surface area contributed by atoms with Gasteiger partial charge in [-0.2, -0.15) is 0 Å². The monoisotopic (exact) mass is 411 g/mol. The van der Waals surface area contributed by atoms with Crippen LogP contribution < -0.4 is 10.5 Å². The lowest BCUT2D eigenvalue weighted by Crippen LogP contribution is -2.27. The van der Waals surface area contributed by atoms with Crippen LogP contribution in [0.5, 0.6) is 5.75 Å². The summed E-state index contributed by atoms with van der Waals surface area (Å²) in [7, 11) is 1.62. The van der Waals surface area contributed by atoms with Gasteiger partial charge in [0.2, 0.25) is 0 Å². The molecular weight excluding hydrogens is 393 g/mol. The minimum absolute atomic E-state index is 0.0636. The maximum absolute atomic E-state index is 14.7. The van der Waals surface area contributed by atoms with Crippen molar-refractivity contribution in [3.8, 4) is 16.9 Å². The van der Waals surface area contributed by atoms with Crippen LogP contribution in [-0.2, 0) is 10.3 Å². The molecule has 5 nitrogen and oxygen atoms in total. The summed E-state index contributed by atoms with van der Waals surface area (Å²) in [6, 6.07) is 12.3. The van der Waals surface area contributed by atoms with E-state index in [1.807, 2.05) is 31.2 Å². The Labute approximate surface area is 173 Å². The Morgan fingerprint density at radius 1 is 1.10 bits per heavy atom. The van der Waals surface area contributed by atoms with E-state index in [0.29, 0.717) is 21.7 Å². The highest BCUT2D eigenvalue weighted by molar-refractivity contribution is 6.30. The number of nitrogens with zero attached hydrogens (tertiary/aromatic N) is 2. The van der Waals surface area contributed by atoms with Crippen molar-refractivity contribution in [3.05, 3.63) is 82.4 Å². The van der Waals surface area contributed by atoms with Crippen molar-refractivity contribution < 1.29 is 13.9 Å². The van der Waals surface area contributed by atoms with Gasteiger partial charge in [-0.3, -0.25) is 4.98 Å². The minimum Gasteiger partial charge on any atom is -0.496 e. The van der Waals surface area contributed by atoms with Crippen LogP contribution in [0.4, 0.5) is 4.39 Å². The molecule has 7 heteroatoms. The molecule has 1 aliphatic heterocycles. The number of halogens is 2. The molecule has 0 amide bonds. The second kappa shape index (κ2) is 7.37. The van der Waals surface area contributed by atoms with Crippen LogP contribution in [0.3, 0.4) is 0 Å². The van der Waals surface area contributed by atoms with E-state index in [-0.39, 0.29) is 12.6 Å². The Morgan fingerprint density at radius 3 is 2.59 bits per heavy atom. The predicted molar refractivity (Wildman–Crippen MR) is 111 cm³/mol. The van der Waals surface area contributed by atoms with E-state index in [1.165, 1.54) is 18.3 Å². The van der Waals surface area contributed by atoms with Crippen LogP contribution in [0, 0.1) is 12.7 Å². The average Bonchev–Trinajstić information content (AvgIpc) is 3.10.